The number of H-pyrrole nitrogens is 1. The van der Waals surface area contributed by atoms with Crippen molar-refractivity contribution in [3.05, 3.63) is 30.0 Å². The van der Waals surface area contributed by atoms with Gasteiger partial charge in [-0.25, -0.2) is 8.42 Å². The van der Waals surface area contributed by atoms with Crippen LogP contribution in [-0.4, -0.2) is 43.2 Å². The van der Waals surface area contributed by atoms with Crippen molar-refractivity contribution < 1.29 is 13.2 Å². The van der Waals surface area contributed by atoms with Gasteiger partial charge in [0, 0.05) is 30.5 Å². The molecule has 0 aliphatic carbocycles. The summed E-state index contributed by atoms with van der Waals surface area (Å²) in [5.41, 5.74) is 1.20. The number of carbonyl (C=O) groups is 1. The minimum atomic E-state index is -3.48. The SMILES string of the molecule is CCNC(=O)c1cc2cc(S(=O)(=O)N3CCCCCC3)ccc2[nH]1. The lowest BCUT2D eigenvalue weighted by Gasteiger charge is -2.19. The lowest BCUT2D eigenvalue weighted by Crippen LogP contribution is -2.31. The van der Waals surface area contributed by atoms with Gasteiger partial charge in [-0.1, -0.05) is 12.8 Å². The number of nitrogens with one attached hydrogen (secondary N) is 2. The fourth-order valence-electron chi connectivity index (χ4n) is 3.08. The van der Waals surface area contributed by atoms with Gasteiger partial charge in [0.2, 0.25) is 10.0 Å². The topological polar surface area (TPSA) is 82.3 Å². The fraction of sp³-hybridized carbons (Fsp3) is 0.471. The highest BCUT2D eigenvalue weighted by Crippen LogP contribution is 2.24. The highest BCUT2D eigenvalue weighted by molar-refractivity contribution is 7.89. The van der Waals surface area contributed by atoms with Crippen LogP contribution in [0, 0.1) is 0 Å². The van der Waals surface area contributed by atoms with Crippen molar-refractivity contribution in [2.45, 2.75) is 37.5 Å². The van der Waals surface area contributed by atoms with Crippen molar-refractivity contribution in [1.82, 2.24) is 14.6 Å². The summed E-state index contributed by atoms with van der Waals surface area (Å²) >= 11 is 0. The van der Waals surface area contributed by atoms with Crippen LogP contribution in [0.4, 0.5) is 0 Å². The molecule has 1 fully saturated rings. The molecule has 1 aliphatic rings. The van der Waals surface area contributed by atoms with Crippen molar-refractivity contribution in [3.63, 3.8) is 0 Å². The summed E-state index contributed by atoms with van der Waals surface area (Å²) in [6, 6.07) is 6.68. The molecular weight excluding hydrogens is 326 g/mol. The Morgan fingerprint density at radius 3 is 2.54 bits per heavy atom. The monoisotopic (exact) mass is 349 g/mol. The van der Waals surface area contributed by atoms with Crippen LogP contribution in [-0.2, 0) is 10.0 Å². The Morgan fingerprint density at radius 2 is 1.88 bits per heavy atom. The van der Waals surface area contributed by atoms with Crippen LogP contribution in [0.15, 0.2) is 29.2 Å². The molecule has 0 saturated carbocycles. The van der Waals surface area contributed by atoms with E-state index in [4.69, 9.17) is 0 Å². The Hall–Kier alpha value is -1.86. The third-order valence-corrected chi connectivity index (χ3v) is 6.27. The van der Waals surface area contributed by atoms with E-state index in [-0.39, 0.29) is 5.91 Å². The summed E-state index contributed by atoms with van der Waals surface area (Å²) in [5, 5.41) is 3.46. The van der Waals surface area contributed by atoms with Gasteiger partial charge in [-0.05, 0) is 44.0 Å². The van der Waals surface area contributed by atoms with Crippen molar-refractivity contribution in [3.8, 4) is 0 Å². The molecule has 1 aromatic carbocycles. The number of fused-ring (bicyclic) bond motifs is 1. The molecule has 6 nitrogen and oxygen atoms in total. The van der Waals surface area contributed by atoms with E-state index in [2.05, 4.69) is 10.3 Å². The molecule has 3 rings (SSSR count). The minimum absolute atomic E-state index is 0.189. The zero-order valence-corrected chi connectivity index (χ0v) is 14.7. The predicted octanol–water partition coefficient (Wildman–Crippen LogP) is 2.48. The average Bonchev–Trinajstić information content (AvgIpc) is 2.79. The van der Waals surface area contributed by atoms with E-state index >= 15 is 0 Å². The zero-order valence-electron chi connectivity index (χ0n) is 13.8. The Kier molecular flexibility index (Phi) is 4.91. The molecule has 0 unspecified atom stereocenters. The van der Waals surface area contributed by atoms with Gasteiger partial charge in [0.1, 0.15) is 5.69 Å². The predicted molar refractivity (Wildman–Crippen MR) is 93.5 cm³/mol. The van der Waals surface area contributed by atoms with Gasteiger partial charge in [0.15, 0.2) is 0 Å². The van der Waals surface area contributed by atoms with Gasteiger partial charge in [-0.2, -0.15) is 4.31 Å². The van der Waals surface area contributed by atoms with Crippen molar-refractivity contribution in [2.75, 3.05) is 19.6 Å². The van der Waals surface area contributed by atoms with Gasteiger partial charge in [-0.3, -0.25) is 4.79 Å². The van der Waals surface area contributed by atoms with E-state index in [1.165, 1.54) is 0 Å². The molecular formula is C17H23N3O3S. The van der Waals surface area contributed by atoms with Crippen LogP contribution in [0.1, 0.15) is 43.1 Å². The fourth-order valence-corrected chi connectivity index (χ4v) is 4.63. The van der Waals surface area contributed by atoms with E-state index in [9.17, 15) is 13.2 Å². The number of sulfonamides is 1. The maximum absolute atomic E-state index is 12.9. The summed E-state index contributed by atoms with van der Waals surface area (Å²) in [5.74, 6) is -0.189. The summed E-state index contributed by atoms with van der Waals surface area (Å²) in [7, 11) is -3.48. The first-order valence-electron chi connectivity index (χ1n) is 8.43. The minimum Gasteiger partial charge on any atom is -0.351 e. The second-order valence-corrected chi connectivity index (χ2v) is 8.05. The number of rotatable bonds is 4. The molecule has 0 bridgehead atoms. The normalized spacial score (nSPS) is 16.9. The molecule has 0 spiro atoms. The molecule has 2 aromatic rings. The Morgan fingerprint density at radius 1 is 1.17 bits per heavy atom. The second-order valence-electron chi connectivity index (χ2n) is 6.11. The van der Waals surface area contributed by atoms with Gasteiger partial charge in [0.05, 0.1) is 4.90 Å². The van der Waals surface area contributed by atoms with E-state index in [0.717, 1.165) is 36.6 Å². The van der Waals surface area contributed by atoms with E-state index in [0.29, 0.717) is 30.2 Å². The molecule has 7 heteroatoms. The number of amides is 1. The van der Waals surface area contributed by atoms with Crippen molar-refractivity contribution in [2.24, 2.45) is 0 Å². The van der Waals surface area contributed by atoms with Gasteiger partial charge in [-0.15, -0.1) is 0 Å². The maximum atomic E-state index is 12.9. The number of aromatic amines is 1. The number of nitrogens with zero attached hydrogens (tertiary/aromatic N) is 1. The number of hydrogen-bond donors (Lipinski definition) is 2. The average molecular weight is 349 g/mol. The number of hydrogen-bond acceptors (Lipinski definition) is 3. The summed E-state index contributed by atoms with van der Waals surface area (Å²) < 4.78 is 27.3. The Bertz CT molecular complexity index is 834. The van der Waals surface area contributed by atoms with Crippen LogP contribution in [0.2, 0.25) is 0 Å². The Balaban J connectivity index is 1.93. The largest absolute Gasteiger partial charge is 0.351 e. The van der Waals surface area contributed by atoms with Gasteiger partial charge >= 0.3 is 0 Å². The Labute approximate surface area is 142 Å². The molecule has 1 amide bonds. The number of aromatic nitrogens is 1. The lowest BCUT2D eigenvalue weighted by molar-refractivity contribution is 0.0951. The zero-order chi connectivity index (χ0) is 17.2. The standard InChI is InChI=1S/C17H23N3O3S/c1-2-18-17(21)16-12-13-11-14(7-8-15(13)19-16)24(22,23)20-9-5-3-4-6-10-20/h7-8,11-12,19H,2-6,9-10H2,1H3,(H,18,21). The highest BCUT2D eigenvalue weighted by Gasteiger charge is 2.25. The molecule has 130 valence electrons. The molecule has 2 N–H and O–H groups in total. The molecule has 24 heavy (non-hydrogen) atoms. The van der Waals surface area contributed by atoms with Crippen LogP contribution >= 0.6 is 0 Å². The summed E-state index contributed by atoms with van der Waals surface area (Å²) in [4.78, 5) is 15.2. The maximum Gasteiger partial charge on any atom is 0.267 e. The van der Waals surface area contributed by atoms with Gasteiger partial charge in [0.25, 0.3) is 5.91 Å². The van der Waals surface area contributed by atoms with Crippen LogP contribution < -0.4 is 5.32 Å². The number of benzene rings is 1. The second kappa shape index (κ2) is 6.94. The summed E-state index contributed by atoms with van der Waals surface area (Å²) in [6.07, 6.45) is 3.98. The smallest absolute Gasteiger partial charge is 0.267 e. The van der Waals surface area contributed by atoms with E-state index < -0.39 is 10.0 Å². The van der Waals surface area contributed by atoms with E-state index in [1.54, 1.807) is 28.6 Å². The summed E-state index contributed by atoms with van der Waals surface area (Å²) in [6.45, 7) is 3.56. The molecule has 1 aromatic heterocycles. The third kappa shape index (κ3) is 3.32. The molecule has 1 aliphatic heterocycles. The number of carbonyl (C=O) groups excluding carboxylic acids is 1. The molecule has 2 heterocycles. The van der Waals surface area contributed by atoms with Crippen molar-refractivity contribution >= 4 is 26.8 Å². The first-order valence-corrected chi connectivity index (χ1v) is 9.87. The highest BCUT2D eigenvalue weighted by atomic mass is 32.2. The van der Waals surface area contributed by atoms with E-state index in [1.807, 2.05) is 6.92 Å². The first kappa shape index (κ1) is 17.0. The quantitative estimate of drug-likeness (QED) is 0.890. The van der Waals surface area contributed by atoms with Crippen LogP contribution in [0.5, 0.6) is 0 Å². The van der Waals surface area contributed by atoms with Crippen LogP contribution in [0.3, 0.4) is 0 Å². The third-order valence-electron chi connectivity index (χ3n) is 4.38. The molecule has 1 saturated heterocycles. The molecule has 0 radical (unpaired) electrons. The van der Waals surface area contributed by atoms with Crippen LogP contribution in [0.25, 0.3) is 10.9 Å². The lowest BCUT2D eigenvalue weighted by atomic mass is 10.2. The molecule has 0 atom stereocenters. The van der Waals surface area contributed by atoms with Crippen molar-refractivity contribution in [1.29, 1.82) is 0 Å². The first-order chi connectivity index (χ1) is 11.5. The van der Waals surface area contributed by atoms with Gasteiger partial charge < -0.3 is 10.3 Å².